The zero-order chi connectivity index (χ0) is 12.7. The standard InChI is InChI=1S/C14H22FNO/c1-4-8-16-14(11(2)3)10-17-13-7-5-6-12(15)9-13/h5-7,9,11,14,16H,4,8,10H2,1-3H3. The van der Waals surface area contributed by atoms with Crippen molar-refractivity contribution in [2.45, 2.75) is 33.2 Å². The summed E-state index contributed by atoms with van der Waals surface area (Å²) >= 11 is 0. The van der Waals surface area contributed by atoms with E-state index in [1.807, 2.05) is 0 Å². The summed E-state index contributed by atoms with van der Waals surface area (Å²) in [6.07, 6.45) is 1.10. The normalized spacial score (nSPS) is 12.8. The van der Waals surface area contributed by atoms with E-state index in [1.165, 1.54) is 12.1 Å². The molecule has 2 nitrogen and oxygen atoms in total. The first-order valence-corrected chi connectivity index (χ1v) is 6.25. The number of rotatable bonds is 7. The molecule has 1 unspecified atom stereocenters. The fourth-order valence-electron chi connectivity index (χ4n) is 1.56. The monoisotopic (exact) mass is 239 g/mol. The van der Waals surface area contributed by atoms with Crippen LogP contribution in [0.4, 0.5) is 4.39 Å². The Kier molecular flexibility index (Phi) is 5.98. The molecule has 0 bridgehead atoms. The largest absolute Gasteiger partial charge is 0.492 e. The van der Waals surface area contributed by atoms with Crippen molar-refractivity contribution in [3.8, 4) is 5.75 Å². The van der Waals surface area contributed by atoms with E-state index >= 15 is 0 Å². The third-order valence-electron chi connectivity index (χ3n) is 2.69. The molecule has 0 aliphatic heterocycles. The molecule has 17 heavy (non-hydrogen) atoms. The fraction of sp³-hybridized carbons (Fsp3) is 0.571. The van der Waals surface area contributed by atoms with Gasteiger partial charge in [-0.3, -0.25) is 0 Å². The van der Waals surface area contributed by atoms with Gasteiger partial charge in [-0.25, -0.2) is 4.39 Å². The Balaban J connectivity index is 2.45. The lowest BCUT2D eigenvalue weighted by atomic mass is 10.1. The van der Waals surface area contributed by atoms with Crippen molar-refractivity contribution < 1.29 is 9.13 Å². The highest BCUT2D eigenvalue weighted by Gasteiger charge is 2.13. The first-order valence-electron chi connectivity index (χ1n) is 6.25. The van der Waals surface area contributed by atoms with E-state index in [-0.39, 0.29) is 5.82 Å². The molecule has 0 aromatic heterocycles. The van der Waals surface area contributed by atoms with Gasteiger partial charge in [0.1, 0.15) is 18.2 Å². The van der Waals surface area contributed by atoms with E-state index in [0.717, 1.165) is 13.0 Å². The minimum absolute atomic E-state index is 0.259. The summed E-state index contributed by atoms with van der Waals surface area (Å²) in [6.45, 7) is 8.00. The van der Waals surface area contributed by atoms with Crippen LogP contribution in [0.25, 0.3) is 0 Å². The molecular formula is C14H22FNO. The van der Waals surface area contributed by atoms with Crippen LogP contribution in [0.1, 0.15) is 27.2 Å². The number of hydrogen-bond acceptors (Lipinski definition) is 2. The molecule has 0 amide bonds. The van der Waals surface area contributed by atoms with E-state index in [4.69, 9.17) is 4.74 Å². The topological polar surface area (TPSA) is 21.3 Å². The molecule has 1 N–H and O–H groups in total. The summed E-state index contributed by atoms with van der Waals surface area (Å²) < 4.78 is 18.6. The Morgan fingerprint density at radius 3 is 2.71 bits per heavy atom. The molecule has 0 fully saturated rings. The molecule has 96 valence electrons. The van der Waals surface area contributed by atoms with Gasteiger partial charge in [0.2, 0.25) is 0 Å². The highest BCUT2D eigenvalue weighted by Crippen LogP contribution is 2.13. The predicted octanol–water partition coefficient (Wildman–Crippen LogP) is 3.23. The van der Waals surface area contributed by atoms with Crippen LogP contribution in [0.3, 0.4) is 0 Å². The van der Waals surface area contributed by atoms with Crippen LogP contribution < -0.4 is 10.1 Å². The van der Waals surface area contributed by atoms with Crippen LogP contribution in [0.5, 0.6) is 5.75 Å². The van der Waals surface area contributed by atoms with Crippen LogP contribution in [0.2, 0.25) is 0 Å². The summed E-state index contributed by atoms with van der Waals surface area (Å²) in [7, 11) is 0. The lowest BCUT2D eigenvalue weighted by Gasteiger charge is -2.22. The van der Waals surface area contributed by atoms with Crippen molar-refractivity contribution in [3.63, 3.8) is 0 Å². The van der Waals surface area contributed by atoms with E-state index in [0.29, 0.717) is 24.3 Å². The molecule has 1 aromatic carbocycles. The van der Waals surface area contributed by atoms with Gasteiger partial charge >= 0.3 is 0 Å². The zero-order valence-electron chi connectivity index (χ0n) is 10.9. The second kappa shape index (κ2) is 7.28. The van der Waals surface area contributed by atoms with E-state index in [2.05, 4.69) is 26.1 Å². The average molecular weight is 239 g/mol. The van der Waals surface area contributed by atoms with Crippen molar-refractivity contribution in [2.75, 3.05) is 13.2 Å². The maximum absolute atomic E-state index is 13.0. The van der Waals surface area contributed by atoms with Crippen LogP contribution >= 0.6 is 0 Å². The molecule has 0 saturated carbocycles. The molecule has 0 radical (unpaired) electrons. The first kappa shape index (κ1) is 14.0. The molecule has 0 aliphatic carbocycles. The van der Waals surface area contributed by atoms with Gasteiger partial charge in [0.05, 0.1) is 0 Å². The van der Waals surface area contributed by atoms with E-state index in [9.17, 15) is 4.39 Å². The smallest absolute Gasteiger partial charge is 0.126 e. The van der Waals surface area contributed by atoms with Crippen molar-refractivity contribution >= 4 is 0 Å². The lowest BCUT2D eigenvalue weighted by Crippen LogP contribution is -2.39. The second-order valence-electron chi connectivity index (χ2n) is 4.57. The van der Waals surface area contributed by atoms with Crippen molar-refractivity contribution in [3.05, 3.63) is 30.1 Å². The minimum Gasteiger partial charge on any atom is -0.492 e. The summed E-state index contributed by atoms with van der Waals surface area (Å²) in [4.78, 5) is 0. The van der Waals surface area contributed by atoms with Crippen LogP contribution in [-0.2, 0) is 0 Å². The summed E-state index contributed by atoms with van der Waals surface area (Å²) in [6, 6.07) is 6.58. The lowest BCUT2D eigenvalue weighted by molar-refractivity contribution is 0.230. The second-order valence-corrected chi connectivity index (χ2v) is 4.57. The van der Waals surface area contributed by atoms with Gasteiger partial charge in [-0.15, -0.1) is 0 Å². The number of ether oxygens (including phenoxy) is 1. The third-order valence-corrected chi connectivity index (χ3v) is 2.69. The molecule has 0 saturated heterocycles. The van der Waals surface area contributed by atoms with Crippen LogP contribution in [0, 0.1) is 11.7 Å². The molecule has 0 heterocycles. The third kappa shape index (κ3) is 5.18. The number of benzene rings is 1. The van der Waals surface area contributed by atoms with E-state index < -0.39 is 0 Å². The number of nitrogens with one attached hydrogen (secondary N) is 1. The quantitative estimate of drug-likeness (QED) is 0.788. The molecule has 3 heteroatoms. The molecular weight excluding hydrogens is 217 g/mol. The molecule has 0 spiro atoms. The zero-order valence-corrected chi connectivity index (χ0v) is 10.9. The Hall–Kier alpha value is -1.09. The Bertz CT molecular complexity index is 328. The Morgan fingerprint density at radius 1 is 1.35 bits per heavy atom. The maximum atomic E-state index is 13.0. The molecule has 1 aromatic rings. The predicted molar refractivity (Wildman–Crippen MR) is 68.8 cm³/mol. The summed E-state index contributed by atoms with van der Waals surface area (Å²) in [5.41, 5.74) is 0. The van der Waals surface area contributed by atoms with Gasteiger partial charge in [-0.1, -0.05) is 26.8 Å². The summed E-state index contributed by atoms with van der Waals surface area (Å²) in [5, 5.41) is 3.43. The van der Waals surface area contributed by atoms with Gasteiger partial charge < -0.3 is 10.1 Å². The maximum Gasteiger partial charge on any atom is 0.126 e. The Labute approximate surface area is 103 Å². The first-order chi connectivity index (χ1) is 8.13. The van der Waals surface area contributed by atoms with Gasteiger partial charge in [0, 0.05) is 12.1 Å². The molecule has 0 aliphatic rings. The van der Waals surface area contributed by atoms with Gasteiger partial charge in [0.15, 0.2) is 0 Å². The molecule has 1 atom stereocenters. The van der Waals surface area contributed by atoms with E-state index in [1.54, 1.807) is 12.1 Å². The van der Waals surface area contributed by atoms with Crippen molar-refractivity contribution in [1.82, 2.24) is 5.32 Å². The fourth-order valence-corrected chi connectivity index (χ4v) is 1.56. The van der Waals surface area contributed by atoms with Crippen molar-refractivity contribution in [2.24, 2.45) is 5.92 Å². The Morgan fingerprint density at radius 2 is 2.12 bits per heavy atom. The molecule has 1 rings (SSSR count). The van der Waals surface area contributed by atoms with Crippen LogP contribution in [0.15, 0.2) is 24.3 Å². The van der Waals surface area contributed by atoms with Crippen molar-refractivity contribution in [1.29, 1.82) is 0 Å². The van der Waals surface area contributed by atoms with Gasteiger partial charge in [0.25, 0.3) is 0 Å². The number of hydrogen-bond donors (Lipinski definition) is 1. The SMILES string of the molecule is CCCNC(COc1cccc(F)c1)C(C)C. The minimum atomic E-state index is -0.259. The van der Waals surface area contributed by atoms with Gasteiger partial charge in [-0.05, 0) is 31.0 Å². The summed E-state index contributed by atoms with van der Waals surface area (Å²) in [5.74, 6) is 0.828. The highest BCUT2D eigenvalue weighted by atomic mass is 19.1. The van der Waals surface area contributed by atoms with Gasteiger partial charge in [-0.2, -0.15) is 0 Å². The number of halogens is 1. The average Bonchev–Trinajstić information content (AvgIpc) is 2.28. The highest BCUT2D eigenvalue weighted by molar-refractivity contribution is 5.22. The van der Waals surface area contributed by atoms with Crippen LogP contribution in [-0.4, -0.2) is 19.2 Å².